The van der Waals surface area contributed by atoms with Gasteiger partial charge in [-0.25, -0.2) is 4.39 Å². The van der Waals surface area contributed by atoms with Gasteiger partial charge in [0.05, 0.1) is 13.2 Å². The van der Waals surface area contributed by atoms with Crippen LogP contribution >= 0.6 is 0 Å². The molecule has 5 heteroatoms. The number of carbonyl (C=O) groups excluding carboxylic acids is 1. The number of likely N-dealkylation sites (N-methyl/N-ethyl adjacent to an activating group) is 1. The summed E-state index contributed by atoms with van der Waals surface area (Å²) in [5.41, 5.74) is 6.48. The van der Waals surface area contributed by atoms with E-state index in [0.29, 0.717) is 25.1 Å². The van der Waals surface area contributed by atoms with Crippen LogP contribution in [-0.4, -0.2) is 30.5 Å². The van der Waals surface area contributed by atoms with E-state index in [-0.39, 0.29) is 11.7 Å². The Hall–Kier alpha value is -1.88. The second kappa shape index (κ2) is 7.65. The summed E-state index contributed by atoms with van der Waals surface area (Å²) in [6, 6.07) is 4.05. The van der Waals surface area contributed by atoms with Gasteiger partial charge in [-0.1, -0.05) is 12.1 Å². The van der Waals surface area contributed by atoms with Crippen LogP contribution < -0.4 is 10.5 Å². The summed E-state index contributed by atoms with van der Waals surface area (Å²) in [4.78, 5) is 13.7. The first-order chi connectivity index (χ1) is 9.53. The summed E-state index contributed by atoms with van der Waals surface area (Å²) < 4.78 is 18.5. The van der Waals surface area contributed by atoms with Crippen molar-refractivity contribution in [1.29, 1.82) is 0 Å². The zero-order chi connectivity index (χ0) is 15.1. The monoisotopic (exact) mass is 280 g/mol. The summed E-state index contributed by atoms with van der Waals surface area (Å²) >= 11 is 0. The molecule has 0 fully saturated rings. The number of hydrogen-bond donors (Lipinski definition) is 1. The number of hydrogen-bond acceptors (Lipinski definition) is 3. The van der Waals surface area contributed by atoms with Crippen molar-refractivity contribution in [3.05, 3.63) is 42.2 Å². The maximum absolute atomic E-state index is 13.6. The SMILES string of the molecule is C=CCC(N)C(=O)N(CC)Cc1ccc(OC)c(F)c1. The van der Waals surface area contributed by atoms with Crippen LogP contribution in [0, 0.1) is 5.82 Å². The van der Waals surface area contributed by atoms with E-state index in [4.69, 9.17) is 10.5 Å². The van der Waals surface area contributed by atoms with Gasteiger partial charge in [0.2, 0.25) is 5.91 Å². The predicted molar refractivity (Wildman–Crippen MR) is 76.8 cm³/mol. The van der Waals surface area contributed by atoms with Gasteiger partial charge in [0.15, 0.2) is 11.6 Å². The average Bonchev–Trinajstić information content (AvgIpc) is 2.44. The lowest BCUT2D eigenvalue weighted by Gasteiger charge is -2.24. The van der Waals surface area contributed by atoms with Crippen LogP contribution in [0.5, 0.6) is 5.75 Å². The Morgan fingerprint density at radius 1 is 1.60 bits per heavy atom. The van der Waals surface area contributed by atoms with Crippen LogP contribution in [0.15, 0.2) is 30.9 Å². The van der Waals surface area contributed by atoms with Gasteiger partial charge in [0.1, 0.15) is 0 Å². The van der Waals surface area contributed by atoms with Gasteiger partial charge in [0.25, 0.3) is 0 Å². The zero-order valence-corrected chi connectivity index (χ0v) is 11.9. The number of rotatable bonds is 7. The highest BCUT2D eigenvalue weighted by molar-refractivity contribution is 5.81. The summed E-state index contributed by atoms with van der Waals surface area (Å²) in [6.07, 6.45) is 2.04. The van der Waals surface area contributed by atoms with E-state index in [2.05, 4.69) is 6.58 Å². The lowest BCUT2D eigenvalue weighted by atomic mass is 10.1. The maximum Gasteiger partial charge on any atom is 0.240 e. The van der Waals surface area contributed by atoms with E-state index in [9.17, 15) is 9.18 Å². The number of amides is 1. The first-order valence-corrected chi connectivity index (χ1v) is 6.51. The molecule has 1 amide bonds. The van der Waals surface area contributed by atoms with Gasteiger partial charge in [0, 0.05) is 13.1 Å². The van der Waals surface area contributed by atoms with Crippen LogP contribution in [0.2, 0.25) is 0 Å². The Bertz CT molecular complexity index is 477. The van der Waals surface area contributed by atoms with Crippen LogP contribution in [0.1, 0.15) is 18.9 Å². The minimum atomic E-state index is -0.601. The van der Waals surface area contributed by atoms with Crippen LogP contribution in [-0.2, 0) is 11.3 Å². The Labute approximate surface area is 119 Å². The fraction of sp³-hybridized carbons (Fsp3) is 0.400. The van der Waals surface area contributed by atoms with Crippen molar-refractivity contribution in [3.8, 4) is 5.75 Å². The topological polar surface area (TPSA) is 55.6 Å². The van der Waals surface area contributed by atoms with Crippen molar-refractivity contribution < 1.29 is 13.9 Å². The van der Waals surface area contributed by atoms with E-state index in [1.54, 1.807) is 23.1 Å². The molecule has 0 bridgehead atoms. The second-order valence-corrected chi connectivity index (χ2v) is 4.45. The van der Waals surface area contributed by atoms with Gasteiger partial charge < -0.3 is 15.4 Å². The van der Waals surface area contributed by atoms with Gasteiger partial charge in [-0.3, -0.25) is 4.79 Å². The Morgan fingerprint density at radius 2 is 2.30 bits per heavy atom. The molecule has 1 unspecified atom stereocenters. The van der Waals surface area contributed by atoms with E-state index in [0.717, 1.165) is 0 Å². The highest BCUT2D eigenvalue weighted by Crippen LogP contribution is 2.19. The van der Waals surface area contributed by atoms with Gasteiger partial charge in [-0.2, -0.15) is 0 Å². The molecular weight excluding hydrogens is 259 g/mol. The standard InChI is InChI=1S/C15H21FN2O2/c1-4-6-13(17)15(19)18(5-2)10-11-7-8-14(20-3)12(16)9-11/h4,7-9,13H,1,5-6,10,17H2,2-3H3. The first-order valence-electron chi connectivity index (χ1n) is 6.51. The number of benzene rings is 1. The smallest absolute Gasteiger partial charge is 0.240 e. The van der Waals surface area contributed by atoms with Crippen LogP contribution in [0.3, 0.4) is 0 Å². The lowest BCUT2D eigenvalue weighted by Crippen LogP contribution is -2.43. The Balaban J connectivity index is 2.80. The Morgan fingerprint density at radius 3 is 2.80 bits per heavy atom. The van der Waals surface area contributed by atoms with E-state index < -0.39 is 11.9 Å². The molecule has 1 aromatic rings. The molecule has 0 aliphatic heterocycles. The summed E-state index contributed by atoms with van der Waals surface area (Å²) in [5, 5.41) is 0. The molecule has 20 heavy (non-hydrogen) atoms. The van der Waals surface area contributed by atoms with Crippen molar-refractivity contribution in [1.82, 2.24) is 4.90 Å². The molecule has 0 radical (unpaired) electrons. The number of nitrogens with zero attached hydrogens (tertiary/aromatic N) is 1. The molecular formula is C15H21FN2O2. The molecule has 0 heterocycles. The normalized spacial score (nSPS) is 11.8. The molecule has 0 aromatic heterocycles. The summed E-state index contributed by atoms with van der Waals surface area (Å²) in [6.45, 7) is 6.26. The largest absolute Gasteiger partial charge is 0.494 e. The van der Waals surface area contributed by atoms with E-state index >= 15 is 0 Å². The van der Waals surface area contributed by atoms with Crippen molar-refractivity contribution in [2.75, 3.05) is 13.7 Å². The highest BCUT2D eigenvalue weighted by atomic mass is 19.1. The molecule has 0 spiro atoms. The molecule has 110 valence electrons. The third-order valence-electron chi connectivity index (χ3n) is 3.02. The number of methoxy groups -OCH3 is 1. The van der Waals surface area contributed by atoms with Crippen LogP contribution in [0.4, 0.5) is 4.39 Å². The van der Waals surface area contributed by atoms with Crippen LogP contribution in [0.25, 0.3) is 0 Å². The van der Waals surface area contributed by atoms with Crippen molar-refractivity contribution >= 4 is 5.91 Å². The molecule has 2 N–H and O–H groups in total. The number of halogens is 1. The Kier molecular flexibility index (Phi) is 6.18. The minimum Gasteiger partial charge on any atom is -0.494 e. The van der Waals surface area contributed by atoms with Crippen molar-refractivity contribution in [2.24, 2.45) is 5.73 Å². The molecule has 0 aliphatic rings. The van der Waals surface area contributed by atoms with Crippen molar-refractivity contribution in [2.45, 2.75) is 25.9 Å². The molecule has 0 aliphatic carbocycles. The van der Waals surface area contributed by atoms with E-state index in [1.807, 2.05) is 6.92 Å². The lowest BCUT2D eigenvalue weighted by molar-refractivity contribution is -0.132. The molecule has 4 nitrogen and oxygen atoms in total. The number of nitrogens with two attached hydrogens (primary N) is 1. The fourth-order valence-corrected chi connectivity index (χ4v) is 1.89. The second-order valence-electron chi connectivity index (χ2n) is 4.45. The predicted octanol–water partition coefficient (Wildman–Crippen LogP) is 2.09. The zero-order valence-electron chi connectivity index (χ0n) is 11.9. The number of carbonyl (C=O) groups is 1. The number of ether oxygens (including phenoxy) is 1. The molecule has 1 rings (SSSR count). The first kappa shape index (κ1) is 16.2. The molecule has 1 atom stereocenters. The van der Waals surface area contributed by atoms with E-state index in [1.165, 1.54) is 13.2 Å². The summed E-state index contributed by atoms with van der Waals surface area (Å²) in [5.74, 6) is -0.418. The third-order valence-corrected chi connectivity index (χ3v) is 3.02. The fourth-order valence-electron chi connectivity index (χ4n) is 1.89. The molecule has 0 saturated carbocycles. The molecule has 1 aromatic carbocycles. The maximum atomic E-state index is 13.6. The van der Waals surface area contributed by atoms with Crippen molar-refractivity contribution in [3.63, 3.8) is 0 Å². The average molecular weight is 280 g/mol. The minimum absolute atomic E-state index is 0.163. The van der Waals surface area contributed by atoms with Gasteiger partial charge in [-0.15, -0.1) is 6.58 Å². The highest BCUT2D eigenvalue weighted by Gasteiger charge is 2.19. The summed E-state index contributed by atoms with van der Waals surface area (Å²) in [7, 11) is 1.41. The van der Waals surface area contributed by atoms with Gasteiger partial charge >= 0.3 is 0 Å². The molecule has 0 saturated heterocycles. The third kappa shape index (κ3) is 4.06. The quantitative estimate of drug-likeness (QED) is 0.778. The van der Waals surface area contributed by atoms with Gasteiger partial charge in [-0.05, 0) is 31.0 Å².